The first-order chi connectivity index (χ1) is 14.9. The van der Waals surface area contributed by atoms with E-state index in [9.17, 15) is 13.2 Å². The number of nitrogens with one attached hydrogen (secondary N) is 1. The van der Waals surface area contributed by atoms with E-state index >= 15 is 0 Å². The lowest BCUT2D eigenvalue weighted by Gasteiger charge is -2.04. The van der Waals surface area contributed by atoms with Gasteiger partial charge in [-0.05, 0) is 11.6 Å². The second-order valence-electron chi connectivity index (χ2n) is 6.93. The summed E-state index contributed by atoms with van der Waals surface area (Å²) >= 11 is 0.922. The number of primary sulfonamides is 1. The maximum absolute atomic E-state index is 12.5. The van der Waals surface area contributed by atoms with Gasteiger partial charge in [0.25, 0.3) is 5.91 Å². The Hall–Kier alpha value is -3.27. The van der Waals surface area contributed by atoms with E-state index in [1.165, 1.54) is 11.4 Å². The predicted octanol–water partition coefficient (Wildman–Crippen LogP) is 3.24. The van der Waals surface area contributed by atoms with Crippen molar-refractivity contribution in [2.24, 2.45) is 5.14 Å². The number of sulfonamides is 1. The maximum Gasteiger partial charge on any atom is 0.252 e. The average Bonchev–Trinajstić information content (AvgIpc) is 3.41. The van der Waals surface area contributed by atoms with Crippen molar-refractivity contribution >= 4 is 27.3 Å². The number of hydrogen-bond donors (Lipinski definition) is 2. The number of rotatable bonds is 7. The first-order valence-corrected chi connectivity index (χ1v) is 11.9. The summed E-state index contributed by atoms with van der Waals surface area (Å²) in [5, 5.41) is 14.2. The Morgan fingerprint density at radius 2 is 1.74 bits per heavy atom. The lowest BCUT2D eigenvalue weighted by Crippen LogP contribution is -2.22. The Labute approximate surface area is 184 Å². The van der Waals surface area contributed by atoms with Gasteiger partial charge in [0.15, 0.2) is 0 Å². The van der Waals surface area contributed by atoms with E-state index < -0.39 is 10.0 Å². The molecule has 9 heteroatoms. The number of nitrogens with zero attached hydrogens (tertiary/aromatic N) is 2. The van der Waals surface area contributed by atoms with Crippen LogP contribution < -0.4 is 10.5 Å². The molecule has 0 radical (unpaired) electrons. The van der Waals surface area contributed by atoms with Crippen LogP contribution in [0.2, 0.25) is 0 Å². The molecule has 2 aromatic heterocycles. The number of amides is 1. The predicted molar refractivity (Wildman–Crippen MR) is 120 cm³/mol. The molecule has 0 atom stereocenters. The first kappa shape index (κ1) is 21.0. The van der Waals surface area contributed by atoms with Crippen LogP contribution in [0.25, 0.3) is 11.3 Å². The van der Waals surface area contributed by atoms with Crippen LogP contribution in [0.4, 0.5) is 0 Å². The zero-order valence-electron chi connectivity index (χ0n) is 16.4. The Kier molecular flexibility index (Phi) is 5.99. The highest BCUT2D eigenvalue weighted by atomic mass is 32.2. The molecule has 4 rings (SSSR count). The van der Waals surface area contributed by atoms with Crippen molar-refractivity contribution in [2.75, 3.05) is 0 Å². The lowest BCUT2D eigenvalue weighted by molar-refractivity contribution is 0.0951. The molecule has 158 valence electrons. The van der Waals surface area contributed by atoms with Gasteiger partial charge < -0.3 is 5.32 Å². The van der Waals surface area contributed by atoms with Gasteiger partial charge in [0, 0.05) is 29.2 Å². The van der Waals surface area contributed by atoms with Crippen LogP contribution >= 0.6 is 11.3 Å². The van der Waals surface area contributed by atoms with Gasteiger partial charge in [0.1, 0.15) is 4.21 Å². The fourth-order valence-electron chi connectivity index (χ4n) is 3.14. The Morgan fingerprint density at radius 1 is 1.06 bits per heavy atom. The van der Waals surface area contributed by atoms with Crippen molar-refractivity contribution in [2.45, 2.75) is 17.3 Å². The summed E-state index contributed by atoms with van der Waals surface area (Å²) in [4.78, 5) is 12.5. The monoisotopic (exact) mass is 452 g/mol. The molecule has 7 nitrogen and oxygen atoms in total. The van der Waals surface area contributed by atoms with Gasteiger partial charge in [0.05, 0.1) is 17.8 Å². The molecular weight excluding hydrogens is 432 g/mol. The lowest BCUT2D eigenvalue weighted by atomic mass is 10.1. The van der Waals surface area contributed by atoms with Crippen molar-refractivity contribution in [1.29, 1.82) is 0 Å². The van der Waals surface area contributed by atoms with E-state index in [2.05, 4.69) is 5.32 Å². The number of hydrogen-bond acceptors (Lipinski definition) is 5. The molecule has 1 amide bonds. The molecule has 0 saturated heterocycles. The van der Waals surface area contributed by atoms with E-state index in [1.54, 1.807) is 0 Å². The normalized spacial score (nSPS) is 11.4. The summed E-state index contributed by atoms with van der Waals surface area (Å²) in [5.74, 6) is -0.374. The van der Waals surface area contributed by atoms with E-state index in [0.717, 1.165) is 33.7 Å². The van der Waals surface area contributed by atoms with Crippen LogP contribution in [0.3, 0.4) is 0 Å². The summed E-state index contributed by atoms with van der Waals surface area (Å²) in [5.41, 5.74) is 3.97. The summed E-state index contributed by atoms with van der Waals surface area (Å²) in [6, 6.07) is 21.0. The largest absolute Gasteiger partial charge is 0.348 e. The first-order valence-electron chi connectivity index (χ1n) is 9.45. The quantitative estimate of drug-likeness (QED) is 0.449. The van der Waals surface area contributed by atoms with E-state index in [-0.39, 0.29) is 22.2 Å². The smallest absolute Gasteiger partial charge is 0.252 e. The fourth-order valence-corrected chi connectivity index (χ4v) is 4.73. The van der Waals surface area contributed by atoms with Crippen LogP contribution in [0.5, 0.6) is 0 Å². The topological polar surface area (TPSA) is 107 Å². The van der Waals surface area contributed by atoms with Gasteiger partial charge in [-0.3, -0.25) is 9.48 Å². The summed E-state index contributed by atoms with van der Waals surface area (Å²) in [7, 11) is -3.83. The molecule has 0 aliphatic rings. The molecule has 0 saturated carbocycles. The van der Waals surface area contributed by atoms with Gasteiger partial charge >= 0.3 is 0 Å². The minimum absolute atomic E-state index is 0.0432. The number of carbonyl (C=O) groups excluding carboxylic acids is 1. The molecule has 4 aromatic rings. The summed E-state index contributed by atoms with van der Waals surface area (Å²) in [6.07, 6.45) is 1.92. The van der Waals surface area contributed by atoms with Crippen LogP contribution in [-0.2, 0) is 23.1 Å². The van der Waals surface area contributed by atoms with Crippen molar-refractivity contribution in [3.05, 3.63) is 95.0 Å². The number of carbonyl (C=O) groups is 1. The molecule has 0 aliphatic carbocycles. The molecule has 0 spiro atoms. The molecule has 0 bridgehead atoms. The third kappa shape index (κ3) is 5.08. The van der Waals surface area contributed by atoms with Crippen LogP contribution in [0.1, 0.15) is 21.5 Å². The molecule has 2 heterocycles. The Bertz CT molecular complexity index is 1300. The summed E-state index contributed by atoms with van der Waals surface area (Å²) in [6.45, 7) is 0.856. The van der Waals surface area contributed by atoms with E-state index in [0.29, 0.717) is 6.54 Å². The second-order valence-corrected chi connectivity index (χ2v) is 9.63. The third-order valence-corrected chi connectivity index (χ3v) is 7.02. The fraction of sp³-hybridized carbons (Fsp3) is 0.0909. The van der Waals surface area contributed by atoms with Gasteiger partial charge in [-0.1, -0.05) is 60.7 Å². The van der Waals surface area contributed by atoms with Crippen molar-refractivity contribution in [3.63, 3.8) is 0 Å². The van der Waals surface area contributed by atoms with Crippen LogP contribution in [-0.4, -0.2) is 24.1 Å². The van der Waals surface area contributed by atoms with Gasteiger partial charge in [-0.25, -0.2) is 13.6 Å². The summed E-state index contributed by atoms with van der Waals surface area (Å²) < 4.78 is 24.7. The van der Waals surface area contributed by atoms with Crippen molar-refractivity contribution in [3.8, 4) is 11.3 Å². The molecule has 31 heavy (non-hydrogen) atoms. The van der Waals surface area contributed by atoms with Gasteiger partial charge in [0.2, 0.25) is 10.0 Å². The number of thiophene rings is 1. The van der Waals surface area contributed by atoms with E-state index in [1.807, 2.05) is 71.5 Å². The highest BCUT2D eigenvalue weighted by Crippen LogP contribution is 2.23. The molecular formula is C22H20N4O3S2. The zero-order chi connectivity index (χ0) is 21.8. The minimum atomic E-state index is -3.83. The van der Waals surface area contributed by atoms with E-state index in [4.69, 9.17) is 10.2 Å². The Morgan fingerprint density at radius 3 is 2.39 bits per heavy atom. The van der Waals surface area contributed by atoms with Gasteiger partial charge in [-0.15, -0.1) is 11.3 Å². The van der Waals surface area contributed by atoms with Crippen molar-refractivity contribution in [1.82, 2.24) is 15.1 Å². The number of nitrogens with two attached hydrogens (primary N) is 1. The molecule has 0 aliphatic heterocycles. The maximum atomic E-state index is 12.5. The molecule has 2 aromatic carbocycles. The SMILES string of the molecule is NS(=O)(=O)c1cc(C(=O)NCc2cn(Cc3ccccc3)nc2-c2ccccc2)cs1. The molecule has 0 fully saturated rings. The highest BCUT2D eigenvalue weighted by molar-refractivity contribution is 7.91. The number of benzene rings is 2. The molecule has 3 N–H and O–H groups in total. The Balaban J connectivity index is 1.56. The van der Waals surface area contributed by atoms with Crippen LogP contribution in [0, 0.1) is 0 Å². The zero-order valence-corrected chi connectivity index (χ0v) is 18.1. The van der Waals surface area contributed by atoms with Crippen molar-refractivity contribution < 1.29 is 13.2 Å². The van der Waals surface area contributed by atoms with Crippen LogP contribution in [0.15, 0.2) is 82.5 Å². The minimum Gasteiger partial charge on any atom is -0.348 e. The average molecular weight is 453 g/mol. The number of aromatic nitrogens is 2. The standard InChI is InChI=1S/C22H20N4O3S2/c23-31(28,29)20-11-18(15-30-20)22(27)24-12-19-14-26(13-16-7-3-1-4-8-16)25-21(19)17-9-5-2-6-10-17/h1-11,14-15H,12-13H2,(H,24,27)(H2,23,28,29). The molecule has 0 unspecified atom stereocenters. The highest BCUT2D eigenvalue weighted by Gasteiger charge is 2.17. The second kappa shape index (κ2) is 8.84. The van der Waals surface area contributed by atoms with Gasteiger partial charge in [-0.2, -0.15) is 5.10 Å². The third-order valence-electron chi connectivity index (χ3n) is 4.63.